The molecule has 1 aromatic rings. The topological polar surface area (TPSA) is 96.5 Å². The molecule has 0 aromatic heterocycles. The number of amidine groups is 1. The van der Waals surface area contributed by atoms with Crippen LogP contribution in [0.4, 0.5) is 0 Å². The van der Waals surface area contributed by atoms with Crippen molar-refractivity contribution in [2.75, 3.05) is 32.7 Å². The number of nitrogen functional groups attached to an aromatic ring is 1. The fraction of sp³-hybridized carbons (Fsp3) is 0.462. The van der Waals surface area contributed by atoms with E-state index in [2.05, 4.69) is 0 Å². The van der Waals surface area contributed by atoms with Crippen LogP contribution in [0.1, 0.15) is 11.1 Å². The number of methoxy groups -OCH3 is 1. The fourth-order valence-corrected chi connectivity index (χ4v) is 2.40. The molecule has 20 heavy (non-hydrogen) atoms. The Labute approximate surface area is 120 Å². The summed E-state index contributed by atoms with van der Waals surface area (Å²) in [6.45, 7) is 0.964. The highest BCUT2D eigenvalue weighted by atomic mass is 32.2. The summed E-state index contributed by atoms with van der Waals surface area (Å²) in [5, 5.41) is 7.45. The van der Waals surface area contributed by atoms with Gasteiger partial charge in [-0.15, -0.1) is 0 Å². The predicted molar refractivity (Wildman–Crippen MR) is 80.1 cm³/mol. The normalized spacial score (nSPS) is 11.6. The molecule has 0 aliphatic rings. The molecule has 0 aliphatic carbocycles. The van der Waals surface area contributed by atoms with Gasteiger partial charge in [0.25, 0.3) is 0 Å². The van der Waals surface area contributed by atoms with Crippen LogP contribution < -0.4 is 10.5 Å². The summed E-state index contributed by atoms with van der Waals surface area (Å²) in [5.74, 6) is 0.798. The van der Waals surface area contributed by atoms with Gasteiger partial charge in [-0.05, 0) is 25.2 Å². The van der Waals surface area contributed by atoms with Crippen molar-refractivity contribution in [3.8, 4) is 5.75 Å². The fourth-order valence-electron chi connectivity index (χ4n) is 1.76. The van der Waals surface area contributed by atoms with Crippen molar-refractivity contribution in [1.82, 2.24) is 4.90 Å². The van der Waals surface area contributed by atoms with Gasteiger partial charge in [-0.3, -0.25) is 5.41 Å². The quantitative estimate of drug-likeness (QED) is 0.563. The summed E-state index contributed by atoms with van der Waals surface area (Å²) in [5.41, 5.74) is 6.96. The van der Waals surface area contributed by atoms with Gasteiger partial charge >= 0.3 is 0 Å². The molecule has 0 radical (unpaired) electrons. The zero-order valence-electron chi connectivity index (χ0n) is 12.0. The maximum atomic E-state index is 11.2. The second-order valence-corrected chi connectivity index (χ2v) is 7.07. The van der Waals surface area contributed by atoms with Gasteiger partial charge in [-0.25, -0.2) is 8.42 Å². The summed E-state index contributed by atoms with van der Waals surface area (Å²) in [6, 6.07) is 5.27. The molecule has 0 fully saturated rings. The molecule has 6 nitrogen and oxygen atoms in total. The molecule has 1 rings (SSSR count). The molecule has 0 heterocycles. The van der Waals surface area contributed by atoms with E-state index in [9.17, 15) is 8.42 Å². The maximum Gasteiger partial charge on any atom is 0.148 e. The largest absolute Gasteiger partial charge is 0.496 e. The highest BCUT2D eigenvalue weighted by Crippen LogP contribution is 2.21. The lowest BCUT2D eigenvalue weighted by molar-refractivity contribution is 0.333. The maximum absolute atomic E-state index is 11.2. The molecule has 3 N–H and O–H groups in total. The second kappa shape index (κ2) is 6.71. The Balaban J connectivity index is 2.84. The minimum Gasteiger partial charge on any atom is -0.496 e. The van der Waals surface area contributed by atoms with Crippen LogP contribution in [0, 0.1) is 5.41 Å². The van der Waals surface area contributed by atoms with Gasteiger partial charge in [0.1, 0.15) is 21.4 Å². The number of nitrogens with two attached hydrogens (primary N) is 1. The van der Waals surface area contributed by atoms with Crippen molar-refractivity contribution in [3.05, 3.63) is 29.3 Å². The molecule has 0 aliphatic heterocycles. The van der Waals surface area contributed by atoms with Crippen LogP contribution in [0.5, 0.6) is 5.75 Å². The third-order valence-electron chi connectivity index (χ3n) is 2.88. The highest BCUT2D eigenvalue weighted by Gasteiger charge is 2.11. The molecular weight excluding hydrogens is 278 g/mol. The summed E-state index contributed by atoms with van der Waals surface area (Å²) >= 11 is 0. The van der Waals surface area contributed by atoms with E-state index in [1.54, 1.807) is 25.3 Å². The Morgan fingerprint density at radius 1 is 1.45 bits per heavy atom. The van der Waals surface area contributed by atoms with Crippen molar-refractivity contribution in [2.45, 2.75) is 6.54 Å². The molecule has 7 heteroatoms. The van der Waals surface area contributed by atoms with Crippen molar-refractivity contribution in [1.29, 1.82) is 5.41 Å². The summed E-state index contributed by atoms with van der Waals surface area (Å²) in [4.78, 5) is 1.89. The molecule has 1 aromatic carbocycles. The molecule has 112 valence electrons. The molecule has 0 saturated heterocycles. The molecular formula is C13H21N3O3S. The van der Waals surface area contributed by atoms with E-state index in [-0.39, 0.29) is 11.6 Å². The molecule has 0 atom stereocenters. The number of hydrogen-bond acceptors (Lipinski definition) is 5. The lowest BCUT2D eigenvalue weighted by Gasteiger charge is -2.18. The van der Waals surface area contributed by atoms with E-state index in [0.29, 0.717) is 24.4 Å². The Bertz CT molecular complexity index is 585. The molecule has 0 saturated carbocycles. The Hall–Kier alpha value is -1.60. The van der Waals surface area contributed by atoms with Crippen LogP contribution in [0.3, 0.4) is 0 Å². The summed E-state index contributed by atoms with van der Waals surface area (Å²) in [7, 11) is 0.435. The van der Waals surface area contributed by atoms with Gasteiger partial charge in [0.15, 0.2) is 0 Å². The van der Waals surface area contributed by atoms with Crippen LogP contribution in [-0.4, -0.2) is 51.9 Å². The van der Waals surface area contributed by atoms with Crippen LogP contribution >= 0.6 is 0 Å². The van der Waals surface area contributed by atoms with Gasteiger partial charge in [0, 0.05) is 30.5 Å². The van der Waals surface area contributed by atoms with Gasteiger partial charge in [0.05, 0.1) is 12.9 Å². The van der Waals surface area contributed by atoms with Crippen LogP contribution in [0.15, 0.2) is 18.2 Å². The van der Waals surface area contributed by atoms with Gasteiger partial charge in [-0.1, -0.05) is 0 Å². The van der Waals surface area contributed by atoms with Crippen molar-refractivity contribution < 1.29 is 13.2 Å². The van der Waals surface area contributed by atoms with E-state index in [1.165, 1.54) is 6.26 Å². The zero-order chi connectivity index (χ0) is 15.3. The number of benzene rings is 1. The average Bonchev–Trinajstić information content (AvgIpc) is 2.35. The first-order valence-corrected chi connectivity index (χ1v) is 8.16. The van der Waals surface area contributed by atoms with Gasteiger partial charge < -0.3 is 15.4 Å². The first-order valence-electron chi connectivity index (χ1n) is 6.10. The second-order valence-electron chi connectivity index (χ2n) is 4.81. The number of nitrogens with one attached hydrogen (secondary N) is 1. The number of sulfone groups is 1. The Morgan fingerprint density at radius 2 is 2.10 bits per heavy atom. The number of rotatable bonds is 7. The summed E-state index contributed by atoms with van der Waals surface area (Å²) < 4.78 is 27.6. The number of ether oxygens (including phenoxy) is 1. The van der Waals surface area contributed by atoms with Gasteiger partial charge in [-0.2, -0.15) is 0 Å². The summed E-state index contributed by atoms with van der Waals surface area (Å²) in [6.07, 6.45) is 1.22. The molecule has 0 unspecified atom stereocenters. The minimum absolute atomic E-state index is 0.00677. The van der Waals surface area contributed by atoms with E-state index in [4.69, 9.17) is 15.9 Å². The van der Waals surface area contributed by atoms with Crippen molar-refractivity contribution in [2.24, 2.45) is 5.73 Å². The number of nitrogens with zero attached hydrogens (tertiary/aromatic N) is 1. The SMILES string of the molecule is COc1ccc(C(=N)N)cc1CN(C)CCS(C)(=O)=O. The lowest BCUT2D eigenvalue weighted by atomic mass is 10.1. The number of hydrogen-bond donors (Lipinski definition) is 2. The highest BCUT2D eigenvalue weighted by molar-refractivity contribution is 7.90. The molecule has 0 spiro atoms. The van der Waals surface area contributed by atoms with E-state index >= 15 is 0 Å². The van der Waals surface area contributed by atoms with Crippen molar-refractivity contribution >= 4 is 15.7 Å². The standard InChI is InChI=1S/C13H21N3O3S/c1-16(6-7-20(3,17)18)9-11-8-10(13(14)15)4-5-12(11)19-2/h4-5,8H,6-7,9H2,1-3H3,(H3,14,15). The monoisotopic (exact) mass is 299 g/mol. The van der Waals surface area contributed by atoms with Crippen LogP contribution in [-0.2, 0) is 16.4 Å². The van der Waals surface area contributed by atoms with Crippen LogP contribution in [0.25, 0.3) is 0 Å². The van der Waals surface area contributed by atoms with Gasteiger partial charge in [0.2, 0.25) is 0 Å². The first-order chi connectivity index (χ1) is 9.23. The van der Waals surface area contributed by atoms with E-state index < -0.39 is 9.84 Å². The van der Waals surface area contributed by atoms with Crippen molar-refractivity contribution in [3.63, 3.8) is 0 Å². The third-order valence-corrected chi connectivity index (χ3v) is 3.80. The Morgan fingerprint density at radius 3 is 2.60 bits per heavy atom. The lowest BCUT2D eigenvalue weighted by Crippen LogP contribution is -2.25. The van der Waals surface area contributed by atoms with E-state index in [0.717, 1.165) is 5.56 Å². The zero-order valence-corrected chi connectivity index (χ0v) is 12.8. The third kappa shape index (κ3) is 5.18. The predicted octanol–water partition coefficient (Wildman–Crippen LogP) is 0.456. The molecule has 0 amide bonds. The minimum atomic E-state index is -2.98. The first kappa shape index (κ1) is 16.5. The average molecular weight is 299 g/mol. The smallest absolute Gasteiger partial charge is 0.148 e. The Kier molecular flexibility index (Phi) is 5.52. The van der Waals surface area contributed by atoms with E-state index in [1.807, 2.05) is 11.9 Å². The molecule has 0 bridgehead atoms. The van der Waals surface area contributed by atoms with Crippen LogP contribution in [0.2, 0.25) is 0 Å².